The van der Waals surface area contributed by atoms with E-state index in [9.17, 15) is 9.59 Å². The van der Waals surface area contributed by atoms with E-state index in [1.165, 1.54) is 4.57 Å². The first kappa shape index (κ1) is 18.2. The van der Waals surface area contributed by atoms with Gasteiger partial charge < -0.3 is 10.1 Å². The third-order valence-electron chi connectivity index (χ3n) is 4.79. The molecule has 1 saturated heterocycles. The van der Waals surface area contributed by atoms with Crippen LogP contribution in [-0.2, 0) is 11.3 Å². The maximum Gasteiger partial charge on any atom is 0.349 e. The van der Waals surface area contributed by atoms with Crippen LogP contribution in [0.25, 0.3) is 10.9 Å². The molecular formula is C21H22N4O3. The maximum absolute atomic E-state index is 12.7. The molecule has 0 bridgehead atoms. The van der Waals surface area contributed by atoms with Crippen LogP contribution in [0.3, 0.4) is 0 Å². The number of aryl methyl sites for hydroxylation is 1. The van der Waals surface area contributed by atoms with E-state index in [1.807, 2.05) is 49.4 Å². The Hall–Kier alpha value is -3.19. The van der Waals surface area contributed by atoms with Crippen molar-refractivity contribution in [3.05, 3.63) is 64.6 Å². The van der Waals surface area contributed by atoms with Gasteiger partial charge in [-0.25, -0.2) is 9.59 Å². The Kier molecular flexibility index (Phi) is 5.08. The number of rotatable bonds is 4. The number of hydrogen-bond donors (Lipinski definition) is 2. The van der Waals surface area contributed by atoms with Gasteiger partial charge in [0.1, 0.15) is 5.82 Å². The number of urea groups is 1. The van der Waals surface area contributed by atoms with E-state index in [1.54, 1.807) is 6.07 Å². The van der Waals surface area contributed by atoms with Crippen LogP contribution in [0.1, 0.15) is 18.4 Å². The molecule has 0 radical (unpaired) electrons. The molecule has 0 aliphatic carbocycles. The highest BCUT2D eigenvalue weighted by molar-refractivity contribution is 6.04. The summed E-state index contributed by atoms with van der Waals surface area (Å²) in [4.78, 5) is 29.5. The van der Waals surface area contributed by atoms with Crippen molar-refractivity contribution < 1.29 is 9.53 Å². The number of anilines is 2. The van der Waals surface area contributed by atoms with Crippen molar-refractivity contribution in [1.82, 2.24) is 9.55 Å². The van der Waals surface area contributed by atoms with E-state index in [4.69, 9.17) is 4.74 Å². The Morgan fingerprint density at radius 3 is 2.86 bits per heavy atom. The molecule has 1 atom stereocenters. The third-order valence-corrected chi connectivity index (χ3v) is 4.79. The van der Waals surface area contributed by atoms with E-state index in [0.29, 0.717) is 35.6 Å². The summed E-state index contributed by atoms with van der Waals surface area (Å²) >= 11 is 0. The van der Waals surface area contributed by atoms with Crippen LogP contribution in [0.5, 0.6) is 0 Å². The van der Waals surface area contributed by atoms with Crippen molar-refractivity contribution >= 4 is 28.4 Å². The van der Waals surface area contributed by atoms with Gasteiger partial charge in [0.05, 0.1) is 18.2 Å². The number of hydrogen-bond acceptors (Lipinski definition) is 4. The van der Waals surface area contributed by atoms with Crippen molar-refractivity contribution in [2.45, 2.75) is 32.4 Å². The zero-order chi connectivity index (χ0) is 19.5. The lowest BCUT2D eigenvalue weighted by Crippen LogP contribution is -2.33. The quantitative estimate of drug-likeness (QED) is 0.727. The van der Waals surface area contributed by atoms with Gasteiger partial charge in [0.25, 0.3) is 0 Å². The lowest BCUT2D eigenvalue weighted by molar-refractivity contribution is 0.0964. The van der Waals surface area contributed by atoms with Crippen molar-refractivity contribution in [2.75, 3.05) is 17.2 Å². The molecule has 2 amide bonds. The summed E-state index contributed by atoms with van der Waals surface area (Å²) in [6, 6.07) is 14.4. The zero-order valence-electron chi connectivity index (χ0n) is 15.6. The highest BCUT2D eigenvalue weighted by Crippen LogP contribution is 2.23. The molecule has 2 heterocycles. The molecule has 0 saturated carbocycles. The monoisotopic (exact) mass is 378 g/mol. The van der Waals surface area contributed by atoms with Crippen LogP contribution in [-0.4, -0.2) is 28.3 Å². The summed E-state index contributed by atoms with van der Waals surface area (Å²) < 4.78 is 7.17. The number of nitrogens with zero attached hydrogens (tertiary/aromatic N) is 2. The molecule has 7 heteroatoms. The summed E-state index contributed by atoms with van der Waals surface area (Å²) in [7, 11) is 0. The average molecular weight is 378 g/mol. The number of nitrogens with one attached hydrogen (secondary N) is 2. The largest absolute Gasteiger partial charge is 0.376 e. The molecule has 2 N–H and O–H groups in total. The molecule has 28 heavy (non-hydrogen) atoms. The first-order valence-corrected chi connectivity index (χ1v) is 9.36. The van der Waals surface area contributed by atoms with Gasteiger partial charge in [-0.15, -0.1) is 0 Å². The van der Waals surface area contributed by atoms with E-state index < -0.39 is 11.7 Å². The van der Waals surface area contributed by atoms with E-state index >= 15 is 0 Å². The van der Waals surface area contributed by atoms with Gasteiger partial charge in [0, 0.05) is 17.7 Å². The van der Waals surface area contributed by atoms with E-state index in [0.717, 1.165) is 18.4 Å². The molecule has 0 spiro atoms. The van der Waals surface area contributed by atoms with Crippen molar-refractivity contribution in [2.24, 2.45) is 0 Å². The van der Waals surface area contributed by atoms with Gasteiger partial charge in [0.2, 0.25) is 0 Å². The number of para-hydroxylation sites is 1. The maximum atomic E-state index is 12.7. The van der Waals surface area contributed by atoms with Gasteiger partial charge in [0.15, 0.2) is 0 Å². The molecule has 2 aromatic carbocycles. The number of carbonyl (C=O) groups excluding carboxylic acids is 1. The Balaban J connectivity index is 1.68. The Bertz CT molecular complexity index is 1070. The SMILES string of the molecule is Cc1cccc(NC(=O)Nc2c3ccccc3nc(=O)n2C[C@@H]2CCCO2)c1. The summed E-state index contributed by atoms with van der Waals surface area (Å²) in [6.45, 7) is 3.01. The summed E-state index contributed by atoms with van der Waals surface area (Å²) in [5, 5.41) is 6.38. The van der Waals surface area contributed by atoms with Crippen LogP contribution in [0, 0.1) is 6.92 Å². The lowest BCUT2D eigenvalue weighted by atomic mass is 10.2. The van der Waals surface area contributed by atoms with Crippen LogP contribution in [0.15, 0.2) is 53.3 Å². The molecule has 144 valence electrons. The van der Waals surface area contributed by atoms with Crippen LogP contribution < -0.4 is 16.3 Å². The van der Waals surface area contributed by atoms with Gasteiger partial charge in [-0.05, 0) is 49.6 Å². The number of amides is 2. The minimum absolute atomic E-state index is 0.0546. The summed E-state index contributed by atoms with van der Waals surface area (Å²) in [5.74, 6) is 0.427. The molecule has 3 aromatic rings. The first-order valence-electron chi connectivity index (χ1n) is 9.36. The van der Waals surface area contributed by atoms with Crippen LogP contribution in [0.2, 0.25) is 0 Å². The highest BCUT2D eigenvalue weighted by atomic mass is 16.5. The fourth-order valence-corrected chi connectivity index (χ4v) is 3.46. The van der Waals surface area contributed by atoms with Crippen molar-refractivity contribution in [1.29, 1.82) is 0 Å². The molecule has 7 nitrogen and oxygen atoms in total. The molecule has 1 aliphatic heterocycles. The molecular weight excluding hydrogens is 356 g/mol. The van der Waals surface area contributed by atoms with E-state index in [2.05, 4.69) is 15.6 Å². The fourth-order valence-electron chi connectivity index (χ4n) is 3.46. The first-order chi connectivity index (χ1) is 13.6. The lowest BCUT2D eigenvalue weighted by Gasteiger charge is -2.18. The topological polar surface area (TPSA) is 85.3 Å². The van der Waals surface area contributed by atoms with Crippen LogP contribution in [0.4, 0.5) is 16.3 Å². The van der Waals surface area contributed by atoms with Gasteiger partial charge in [-0.2, -0.15) is 4.98 Å². The second-order valence-electron chi connectivity index (χ2n) is 6.95. The Morgan fingerprint density at radius 2 is 2.07 bits per heavy atom. The van der Waals surface area contributed by atoms with Gasteiger partial charge >= 0.3 is 11.7 Å². The van der Waals surface area contributed by atoms with Crippen molar-refractivity contribution in [3.8, 4) is 0 Å². The number of carbonyl (C=O) groups is 1. The third kappa shape index (κ3) is 3.89. The van der Waals surface area contributed by atoms with Gasteiger partial charge in [-0.3, -0.25) is 9.88 Å². The van der Waals surface area contributed by atoms with Crippen molar-refractivity contribution in [3.63, 3.8) is 0 Å². The predicted octanol–water partition coefficient (Wildman–Crippen LogP) is 3.53. The summed E-state index contributed by atoms with van der Waals surface area (Å²) in [6.07, 6.45) is 1.80. The summed E-state index contributed by atoms with van der Waals surface area (Å²) in [5.41, 5.74) is 1.87. The normalized spacial score (nSPS) is 16.2. The molecule has 4 rings (SSSR count). The second kappa shape index (κ2) is 7.82. The minimum Gasteiger partial charge on any atom is -0.376 e. The zero-order valence-corrected chi connectivity index (χ0v) is 15.6. The standard InChI is InChI=1S/C21H22N4O3/c1-14-6-4-7-15(12-14)22-20(26)24-19-17-9-2-3-10-18(17)23-21(27)25(19)13-16-8-5-11-28-16/h2-4,6-7,9-10,12,16H,5,8,11,13H2,1H3,(H2,22,24,26)/t16-/m0/s1. The highest BCUT2D eigenvalue weighted by Gasteiger charge is 2.21. The second-order valence-corrected chi connectivity index (χ2v) is 6.95. The number of benzene rings is 2. The molecule has 1 fully saturated rings. The number of fused-ring (bicyclic) bond motifs is 1. The minimum atomic E-state index is -0.414. The molecule has 0 unspecified atom stereocenters. The molecule has 1 aromatic heterocycles. The average Bonchev–Trinajstić information content (AvgIpc) is 3.18. The number of ether oxygens (including phenoxy) is 1. The fraction of sp³-hybridized carbons (Fsp3) is 0.286. The predicted molar refractivity (Wildman–Crippen MR) is 109 cm³/mol. The smallest absolute Gasteiger partial charge is 0.349 e. The van der Waals surface area contributed by atoms with E-state index in [-0.39, 0.29) is 6.10 Å². The number of aromatic nitrogens is 2. The van der Waals surface area contributed by atoms with Crippen LogP contribution >= 0.6 is 0 Å². The Morgan fingerprint density at radius 1 is 1.21 bits per heavy atom. The van der Waals surface area contributed by atoms with Gasteiger partial charge in [-0.1, -0.05) is 24.3 Å². The Labute approximate surface area is 162 Å². The molecule has 1 aliphatic rings.